The van der Waals surface area contributed by atoms with Crippen LogP contribution in [0, 0.1) is 0 Å². The second kappa shape index (κ2) is 5.74. The van der Waals surface area contributed by atoms with Gasteiger partial charge in [-0.25, -0.2) is 4.98 Å². The molecule has 0 N–H and O–H groups in total. The van der Waals surface area contributed by atoms with Crippen molar-refractivity contribution in [3.8, 4) is 11.4 Å². The van der Waals surface area contributed by atoms with Gasteiger partial charge in [0.2, 0.25) is 0 Å². The Balaban J connectivity index is 0.000000636. The van der Waals surface area contributed by atoms with Gasteiger partial charge in [-0.2, -0.15) is 0 Å². The summed E-state index contributed by atoms with van der Waals surface area (Å²) in [7, 11) is 0. The minimum absolute atomic E-state index is 0.200. The van der Waals surface area contributed by atoms with Gasteiger partial charge >= 0.3 is 0 Å². The van der Waals surface area contributed by atoms with E-state index in [0.29, 0.717) is 0 Å². The SMILES string of the molecule is CC.Clc1ccc(C2c3ccccc3-c3nccn32)cc1. The Morgan fingerprint density at radius 3 is 2.48 bits per heavy atom. The zero-order chi connectivity index (χ0) is 14.8. The Morgan fingerprint density at radius 2 is 1.71 bits per heavy atom. The van der Waals surface area contributed by atoms with Crippen LogP contribution in [0.15, 0.2) is 60.9 Å². The van der Waals surface area contributed by atoms with E-state index in [2.05, 4.69) is 45.9 Å². The topological polar surface area (TPSA) is 17.8 Å². The highest BCUT2D eigenvalue weighted by Gasteiger charge is 2.29. The highest BCUT2D eigenvalue weighted by atomic mass is 35.5. The summed E-state index contributed by atoms with van der Waals surface area (Å²) in [5.41, 5.74) is 3.74. The maximum Gasteiger partial charge on any atom is 0.141 e. The van der Waals surface area contributed by atoms with Crippen molar-refractivity contribution < 1.29 is 0 Å². The summed E-state index contributed by atoms with van der Waals surface area (Å²) in [6.07, 6.45) is 3.89. The fourth-order valence-corrected chi connectivity index (χ4v) is 2.93. The van der Waals surface area contributed by atoms with Gasteiger partial charge in [-0.1, -0.05) is 61.8 Å². The summed E-state index contributed by atoms with van der Waals surface area (Å²) < 4.78 is 2.22. The van der Waals surface area contributed by atoms with Crippen molar-refractivity contribution in [1.29, 1.82) is 0 Å². The molecule has 21 heavy (non-hydrogen) atoms. The van der Waals surface area contributed by atoms with Crippen LogP contribution in [0.25, 0.3) is 11.4 Å². The normalized spacial score (nSPS) is 14.9. The van der Waals surface area contributed by atoms with Gasteiger partial charge in [0.1, 0.15) is 5.82 Å². The number of hydrogen-bond donors (Lipinski definition) is 0. The molecule has 0 saturated heterocycles. The van der Waals surface area contributed by atoms with Gasteiger partial charge in [-0.05, 0) is 23.3 Å². The maximum absolute atomic E-state index is 5.98. The van der Waals surface area contributed by atoms with E-state index in [1.54, 1.807) is 0 Å². The monoisotopic (exact) mass is 296 g/mol. The maximum atomic E-state index is 5.98. The largest absolute Gasteiger partial charge is 0.319 e. The third kappa shape index (κ3) is 2.26. The van der Waals surface area contributed by atoms with Gasteiger partial charge < -0.3 is 4.57 Å². The molecule has 106 valence electrons. The first kappa shape index (κ1) is 13.9. The number of aromatic nitrogens is 2. The Bertz CT molecular complexity index is 744. The quantitative estimate of drug-likeness (QED) is 0.473. The summed E-state index contributed by atoms with van der Waals surface area (Å²) >= 11 is 5.98. The van der Waals surface area contributed by atoms with Crippen molar-refractivity contribution in [3.63, 3.8) is 0 Å². The van der Waals surface area contributed by atoms with Crippen molar-refractivity contribution in [2.75, 3.05) is 0 Å². The van der Waals surface area contributed by atoms with E-state index in [1.807, 2.05) is 38.4 Å². The average molecular weight is 297 g/mol. The summed E-state index contributed by atoms with van der Waals surface area (Å²) in [4.78, 5) is 4.47. The summed E-state index contributed by atoms with van der Waals surface area (Å²) in [5.74, 6) is 1.04. The molecule has 0 saturated carbocycles. The van der Waals surface area contributed by atoms with Crippen LogP contribution in [0.2, 0.25) is 5.02 Å². The second-order valence-corrected chi connectivity index (χ2v) is 5.14. The number of imidazole rings is 1. The van der Waals surface area contributed by atoms with Crippen molar-refractivity contribution in [3.05, 3.63) is 77.1 Å². The number of fused-ring (bicyclic) bond motifs is 3. The predicted octanol–water partition coefficient (Wildman–Crippen LogP) is 5.18. The van der Waals surface area contributed by atoms with Gasteiger partial charge in [0, 0.05) is 23.0 Å². The lowest BCUT2D eigenvalue weighted by Crippen LogP contribution is -2.06. The highest BCUT2D eigenvalue weighted by molar-refractivity contribution is 6.30. The molecule has 0 radical (unpaired) electrons. The van der Waals surface area contributed by atoms with Crippen LogP contribution in [0.3, 0.4) is 0 Å². The molecule has 0 aliphatic carbocycles. The molecule has 0 amide bonds. The van der Waals surface area contributed by atoms with Crippen LogP contribution in [0.1, 0.15) is 31.0 Å². The first-order valence-electron chi connectivity index (χ1n) is 7.22. The predicted molar refractivity (Wildman–Crippen MR) is 87.7 cm³/mol. The van der Waals surface area contributed by atoms with Gasteiger partial charge in [0.25, 0.3) is 0 Å². The third-order valence-electron chi connectivity index (χ3n) is 3.63. The van der Waals surface area contributed by atoms with Crippen LogP contribution in [0.4, 0.5) is 0 Å². The number of halogens is 1. The number of nitrogens with zero attached hydrogens (tertiary/aromatic N) is 2. The van der Waals surface area contributed by atoms with Crippen molar-refractivity contribution in [1.82, 2.24) is 9.55 Å². The number of benzene rings is 2. The molecule has 3 heteroatoms. The molecule has 2 nitrogen and oxygen atoms in total. The zero-order valence-electron chi connectivity index (χ0n) is 12.1. The van der Waals surface area contributed by atoms with Gasteiger partial charge in [0.15, 0.2) is 0 Å². The minimum Gasteiger partial charge on any atom is -0.319 e. The van der Waals surface area contributed by atoms with Crippen molar-refractivity contribution >= 4 is 11.6 Å². The van der Waals surface area contributed by atoms with E-state index in [4.69, 9.17) is 11.6 Å². The molecule has 2 heterocycles. The van der Waals surface area contributed by atoms with Crippen LogP contribution in [0.5, 0.6) is 0 Å². The average Bonchev–Trinajstić information content (AvgIpc) is 3.11. The Morgan fingerprint density at radius 1 is 1.00 bits per heavy atom. The standard InChI is InChI=1S/C16H11ClN2.C2H6/c17-12-7-5-11(6-8-12)15-13-3-1-2-4-14(13)16-18-9-10-19(15)16;1-2/h1-10,15H;1-2H3. The Kier molecular flexibility index (Phi) is 3.80. The molecule has 3 aromatic rings. The molecule has 1 aromatic heterocycles. The van der Waals surface area contributed by atoms with E-state index >= 15 is 0 Å². The molecule has 4 rings (SSSR count). The van der Waals surface area contributed by atoms with Crippen LogP contribution in [-0.2, 0) is 0 Å². The Labute approximate surface area is 130 Å². The molecule has 1 aliphatic rings. The third-order valence-corrected chi connectivity index (χ3v) is 3.88. The highest BCUT2D eigenvalue weighted by Crippen LogP contribution is 2.41. The van der Waals surface area contributed by atoms with E-state index < -0.39 is 0 Å². The van der Waals surface area contributed by atoms with Gasteiger partial charge in [-0.15, -0.1) is 0 Å². The van der Waals surface area contributed by atoms with Crippen molar-refractivity contribution in [2.45, 2.75) is 19.9 Å². The summed E-state index contributed by atoms with van der Waals surface area (Å²) in [5, 5.41) is 0.765. The summed E-state index contributed by atoms with van der Waals surface area (Å²) in [6.45, 7) is 4.00. The van der Waals surface area contributed by atoms with E-state index in [-0.39, 0.29) is 6.04 Å². The number of hydrogen-bond acceptors (Lipinski definition) is 1. The molecule has 2 aromatic carbocycles. The lowest BCUT2D eigenvalue weighted by molar-refractivity contribution is 0.716. The van der Waals surface area contributed by atoms with Crippen LogP contribution in [-0.4, -0.2) is 9.55 Å². The molecule has 0 bridgehead atoms. The first-order chi connectivity index (χ1) is 10.3. The molecule has 1 aliphatic heterocycles. The number of rotatable bonds is 1. The second-order valence-electron chi connectivity index (χ2n) is 4.70. The van der Waals surface area contributed by atoms with E-state index in [1.165, 1.54) is 16.7 Å². The van der Waals surface area contributed by atoms with Crippen LogP contribution >= 0.6 is 11.6 Å². The molecular weight excluding hydrogens is 280 g/mol. The Hall–Kier alpha value is -2.06. The summed E-state index contributed by atoms with van der Waals surface area (Å²) in [6, 6.07) is 16.7. The fourth-order valence-electron chi connectivity index (χ4n) is 2.80. The molecule has 0 fully saturated rings. The first-order valence-corrected chi connectivity index (χ1v) is 7.60. The lowest BCUT2D eigenvalue weighted by atomic mass is 9.98. The molecule has 1 atom stereocenters. The van der Waals surface area contributed by atoms with E-state index in [0.717, 1.165) is 10.8 Å². The molecular formula is C18H17ClN2. The fraction of sp³-hybridized carbons (Fsp3) is 0.167. The van der Waals surface area contributed by atoms with Gasteiger partial charge in [0.05, 0.1) is 6.04 Å². The molecule has 0 spiro atoms. The van der Waals surface area contributed by atoms with E-state index in [9.17, 15) is 0 Å². The zero-order valence-corrected chi connectivity index (χ0v) is 12.9. The lowest BCUT2D eigenvalue weighted by Gasteiger charge is -2.15. The van der Waals surface area contributed by atoms with Crippen LogP contribution < -0.4 is 0 Å². The van der Waals surface area contributed by atoms with Crippen molar-refractivity contribution in [2.24, 2.45) is 0 Å². The minimum atomic E-state index is 0.200. The van der Waals surface area contributed by atoms with Gasteiger partial charge in [-0.3, -0.25) is 0 Å². The molecule has 1 unspecified atom stereocenters. The smallest absolute Gasteiger partial charge is 0.141 e.